The van der Waals surface area contributed by atoms with Crippen molar-refractivity contribution in [3.63, 3.8) is 0 Å². The molecule has 0 saturated carbocycles. The second-order valence-electron chi connectivity index (χ2n) is 10.9. The fourth-order valence-electron chi connectivity index (χ4n) is 5.68. The Balaban J connectivity index is 1.42. The van der Waals surface area contributed by atoms with Crippen LogP contribution in [0.25, 0.3) is 33.5 Å². The number of nitrogens with zero attached hydrogens (tertiary/aromatic N) is 7. The number of ether oxygens (including phenoxy) is 1. The molecule has 0 unspecified atom stereocenters. The van der Waals surface area contributed by atoms with E-state index in [-0.39, 0.29) is 0 Å². The lowest BCUT2D eigenvalue weighted by Gasteiger charge is -2.37. The molecule has 1 aromatic carbocycles. The number of benzene rings is 1. The van der Waals surface area contributed by atoms with E-state index in [1.54, 1.807) is 0 Å². The van der Waals surface area contributed by atoms with Crippen molar-refractivity contribution in [2.45, 2.75) is 38.8 Å². The average molecular weight is 520 g/mol. The summed E-state index contributed by atoms with van der Waals surface area (Å²) >= 11 is 0. The number of likely N-dealkylation sites (tertiary alicyclic amines) is 1. The number of morpholine rings is 1. The predicted octanol–water partition coefficient (Wildman–Crippen LogP) is 3.54. The Hall–Kier alpha value is -3.21. The molecule has 3 aromatic heterocycles. The second-order valence-corrected chi connectivity index (χ2v) is 10.9. The summed E-state index contributed by atoms with van der Waals surface area (Å²) in [7, 11) is 1.97. The van der Waals surface area contributed by atoms with E-state index in [9.17, 15) is 5.11 Å². The zero-order valence-corrected chi connectivity index (χ0v) is 22.2. The summed E-state index contributed by atoms with van der Waals surface area (Å²) in [6, 6.07) is 7.48. The van der Waals surface area contributed by atoms with Gasteiger partial charge in [-0.1, -0.05) is 18.2 Å². The van der Waals surface area contributed by atoms with Gasteiger partial charge in [0.15, 0.2) is 28.6 Å². The first kappa shape index (κ1) is 25.1. The number of para-hydroxylation sites is 1. The van der Waals surface area contributed by atoms with Gasteiger partial charge in [-0.15, -0.1) is 0 Å². The highest BCUT2D eigenvalue weighted by molar-refractivity contribution is 5.95. The maximum Gasteiger partial charge on any atom is 0.167 e. The van der Waals surface area contributed by atoms with Crippen molar-refractivity contribution in [1.82, 2.24) is 29.4 Å². The molecule has 0 aliphatic carbocycles. The topological polar surface area (TPSA) is 92.4 Å². The first-order chi connectivity index (χ1) is 18.3. The van der Waals surface area contributed by atoms with Crippen molar-refractivity contribution in [1.29, 1.82) is 0 Å². The Morgan fingerprint density at radius 1 is 1.05 bits per heavy atom. The molecule has 5 heterocycles. The molecule has 10 heteroatoms. The number of imidazole rings is 1. The van der Waals surface area contributed by atoms with E-state index in [0.29, 0.717) is 72.5 Å². The molecule has 38 heavy (non-hydrogen) atoms. The maximum absolute atomic E-state index is 15.3. The quantitative estimate of drug-likeness (QED) is 0.428. The fourth-order valence-corrected chi connectivity index (χ4v) is 5.68. The van der Waals surface area contributed by atoms with Crippen LogP contribution in [0.15, 0.2) is 30.5 Å². The summed E-state index contributed by atoms with van der Waals surface area (Å²) in [5.74, 6) is 1.77. The number of rotatable bonds is 5. The van der Waals surface area contributed by atoms with Crippen molar-refractivity contribution in [2.24, 2.45) is 13.0 Å². The Bertz CT molecular complexity index is 1470. The molecule has 0 amide bonds. The van der Waals surface area contributed by atoms with Gasteiger partial charge in [-0.3, -0.25) is 9.88 Å². The van der Waals surface area contributed by atoms with Gasteiger partial charge >= 0.3 is 0 Å². The lowest BCUT2D eigenvalue weighted by atomic mass is 9.83. The number of aromatic nitrogens is 5. The Morgan fingerprint density at radius 2 is 1.79 bits per heavy atom. The van der Waals surface area contributed by atoms with Gasteiger partial charge in [-0.05, 0) is 51.8 Å². The number of anilines is 1. The van der Waals surface area contributed by atoms with Crippen LogP contribution in [0.5, 0.6) is 0 Å². The Kier molecular flexibility index (Phi) is 6.49. The van der Waals surface area contributed by atoms with Gasteiger partial charge in [0.2, 0.25) is 0 Å². The average Bonchev–Trinajstić information content (AvgIpc) is 3.23. The third-order valence-electron chi connectivity index (χ3n) is 8.01. The second kappa shape index (κ2) is 9.83. The van der Waals surface area contributed by atoms with Crippen molar-refractivity contribution in [2.75, 3.05) is 44.3 Å². The number of hydrogen-bond donors (Lipinski definition) is 1. The number of pyridine rings is 1. The van der Waals surface area contributed by atoms with Crippen molar-refractivity contribution in [3.8, 4) is 11.4 Å². The molecule has 2 aliphatic rings. The summed E-state index contributed by atoms with van der Waals surface area (Å²) in [5.41, 5.74) is 1.79. The third kappa shape index (κ3) is 4.61. The molecule has 0 spiro atoms. The summed E-state index contributed by atoms with van der Waals surface area (Å²) in [4.78, 5) is 23.6. The number of hydrogen-bond acceptors (Lipinski definition) is 8. The van der Waals surface area contributed by atoms with Crippen LogP contribution in [0.4, 0.5) is 10.2 Å². The number of aliphatic hydroxyl groups is 1. The summed E-state index contributed by atoms with van der Waals surface area (Å²) in [5, 5.41) is 11.1. The van der Waals surface area contributed by atoms with Crippen LogP contribution in [0.1, 0.15) is 32.5 Å². The van der Waals surface area contributed by atoms with Gasteiger partial charge in [-0.25, -0.2) is 19.3 Å². The number of halogens is 1. The minimum absolute atomic E-state index is 0.297. The van der Waals surface area contributed by atoms with Gasteiger partial charge in [0.1, 0.15) is 5.82 Å². The van der Waals surface area contributed by atoms with Crippen molar-refractivity contribution in [3.05, 3.63) is 42.1 Å². The molecule has 200 valence electrons. The van der Waals surface area contributed by atoms with E-state index in [1.165, 1.54) is 6.20 Å². The molecule has 2 aliphatic heterocycles. The fraction of sp³-hybridized carbons (Fsp3) is 0.500. The monoisotopic (exact) mass is 519 g/mol. The van der Waals surface area contributed by atoms with Crippen LogP contribution in [0.3, 0.4) is 0 Å². The van der Waals surface area contributed by atoms with Gasteiger partial charge in [0.25, 0.3) is 0 Å². The Labute approximate surface area is 221 Å². The van der Waals surface area contributed by atoms with Crippen molar-refractivity contribution < 1.29 is 14.2 Å². The maximum atomic E-state index is 15.3. The van der Waals surface area contributed by atoms with E-state index in [0.717, 1.165) is 37.3 Å². The largest absolute Gasteiger partial charge is 0.390 e. The van der Waals surface area contributed by atoms with Gasteiger partial charge in [0.05, 0.1) is 42.6 Å². The van der Waals surface area contributed by atoms with E-state index in [1.807, 2.05) is 49.7 Å². The van der Waals surface area contributed by atoms with Gasteiger partial charge in [-0.2, -0.15) is 0 Å². The number of fused-ring (bicyclic) bond motifs is 2. The molecule has 4 aromatic rings. The van der Waals surface area contributed by atoms with Gasteiger partial charge < -0.3 is 19.3 Å². The van der Waals surface area contributed by atoms with Crippen LogP contribution in [0, 0.1) is 11.7 Å². The molecule has 0 bridgehead atoms. The van der Waals surface area contributed by atoms with Crippen LogP contribution in [-0.4, -0.2) is 79.5 Å². The molecule has 0 atom stereocenters. The van der Waals surface area contributed by atoms with E-state index in [4.69, 9.17) is 19.7 Å². The molecule has 2 saturated heterocycles. The lowest BCUT2D eigenvalue weighted by molar-refractivity contribution is -0.0139. The predicted molar refractivity (Wildman–Crippen MR) is 144 cm³/mol. The van der Waals surface area contributed by atoms with Crippen LogP contribution in [0.2, 0.25) is 0 Å². The zero-order valence-electron chi connectivity index (χ0n) is 22.2. The van der Waals surface area contributed by atoms with Crippen LogP contribution >= 0.6 is 0 Å². The van der Waals surface area contributed by atoms with E-state index < -0.39 is 11.4 Å². The SMILES string of the molecule is Cn1c(CN2CCC(C(C)(C)O)CC2)nc2c(N3CCOCC3)nc(-c3c(F)cnc4ccccc34)nc21. The minimum atomic E-state index is -0.657. The van der Waals surface area contributed by atoms with E-state index in [2.05, 4.69) is 14.8 Å². The highest BCUT2D eigenvalue weighted by Crippen LogP contribution is 2.33. The summed E-state index contributed by atoms with van der Waals surface area (Å²) in [6.45, 7) is 8.85. The smallest absolute Gasteiger partial charge is 0.167 e. The van der Waals surface area contributed by atoms with Gasteiger partial charge in [0, 0.05) is 25.5 Å². The van der Waals surface area contributed by atoms with Crippen molar-refractivity contribution >= 4 is 27.9 Å². The molecule has 2 fully saturated rings. The normalized spacial score (nSPS) is 18.1. The lowest BCUT2D eigenvalue weighted by Crippen LogP contribution is -2.41. The minimum Gasteiger partial charge on any atom is -0.390 e. The summed E-state index contributed by atoms with van der Waals surface area (Å²) in [6.07, 6.45) is 3.14. The molecule has 6 rings (SSSR count). The third-order valence-corrected chi connectivity index (χ3v) is 8.01. The zero-order chi connectivity index (χ0) is 26.4. The van der Waals surface area contributed by atoms with Crippen LogP contribution < -0.4 is 4.90 Å². The highest BCUT2D eigenvalue weighted by Gasteiger charge is 2.31. The highest BCUT2D eigenvalue weighted by atomic mass is 19.1. The Morgan fingerprint density at radius 3 is 2.53 bits per heavy atom. The molecular formula is C28H34FN7O2. The summed E-state index contributed by atoms with van der Waals surface area (Å²) < 4.78 is 22.9. The van der Waals surface area contributed by atoms with E-state index >= 15 is 4.39 Å². The molecule has 0 radical (unpaired) electrons. The van der Waals surface area contributed by atoms with Crippen LogP contribution in [-0.2, 0) is 18.3 Å². The molecule has 9 nitrogen and oxygen atoms in total. The number of aryl methyl sites for hydroxylation is 1. The first-order valence-corrected chi connectivity index (χ1v) is 13.3. The first-order valence-electron chi connectivity index (χ1n) is 13.3. The standard InChI is InChI=1S/C28H34FN7O2/c1-28(2,37)18-8-10-35(11-9-18)17-22-31-24-26(34(22)3)32-25(33-27(24)36-12-14-38-15-13-36)23-19-6-4-5-7-21(19)30-16-20(23)29/h4-7,16,18,37H,8-15,17H2,1-3H3. The number of piperidine rings is 1. The molecule has 1 N–H and O–H groups in total. The molecular weight excluding hydrogens is 485 g/mol.